The maximum atomic E-state index is 14.1. The van der Waals surface area contributed by atoms with E-state index in [-0.39, 0.29) is 0 Å². The van der Waals surface area contributed by atoms with Crippen LogP contribution in [0.15, 0.2) is 78.9 Å². The highest BCUT2D eigenvalue weighted by molar-refractivity contribution is 7.85. The van der Waals surface area contributed by atoms with E-state index in [1.807, 2.05) is 18.2 Å². The van der Waals surface area contributed by atoms with Crippen molar-refractivity contribution in [1.82, 2.24) is 0 Å². The monoisotopic (exact) mass is 402 g/mol. The molecule has 0 N–H and O–H groups in total. The third kappa shape index (κ3) is 3.52. The van der Waals surface area contributed by atoms with Crippen LogP contribution in [0, 0.1) is 0 Å². The molecule has 0 aliphatic heterocycles. The molecule has 0 aliphatic rings. The molecule has 0 aliphatic carbocycles. The number of carbonyl (C=O) groups is 2. The van der Waals surface area contributed by atoms with E-state index in [0.717, 1.165) is 0 Å². The van der Waals surface area contributed by atoms with Gasteiger partial charge in [-0.3, -0.25) is 9.59 Å². The molecule has 0 atom stereocenters. The summed E-state index contributed by atoms with van der Waals surface area (Å²) in [5.41, 5.74) is 0.663. The van der Waals surface area contributed by atoms with Gasteiger partial charge in [-0.25, -0.2) is 0 Å². The van der Waals surface area contributed by atoms with Crippen LogP contribution < -0.4 is 15.9 Å². The van der Waals surface area contributed by atoms with Crippen molar-refractivity contribution in [2.75, 3.05) is 0 Å². The van der Waals surface area contributed by atoms with Gasteiger partial charge >= 0.3 is 0 Å². The molecule has 0 aromatic heterocycles. The Morgan fingerprint density at radius 2 is 0.923 bits per heavy atom. The average molecular weight is 403 g/mol. The Morgan fingerprint density at radius 3 is 1.27 bits per heavy atom. The fraction of sp³-hybridized carbons (Fsp3) is 0. The molecule has 0 saturated carbocycles. The van der Waals surface area contributed by atoms with Gasteiger partial charge in [0.15, 0.2) is 7.14 Å². The zero-order valence-corrected chi connectivity index (χ0v) is 15.8. The van der Waals surface area contributed by atoms with Gasteiger partial charge in [0.25, 0.3) is 10.5 Å². The molecule has 130 valence electrons. The van der Waals surface area contributed by atoms with Gasteiger partial charge in [-0.05, 0) is 47.5 Å². The molecular weight excluding hydrogens is 390 g/mol. The highest BCUT2D eigenvalue weighted by Crippen LogP contribution is 2.42. The molecule has 3 nitrogen and oxygen atoms in total. The number of hydrogen-bond donors (Lipinski definition) is 0. The van der Waals surface area contributed by atoms with E-state index >= 15 is 0 Å². The third-order valence-corrected chi connectivity index (χ3v) is 7.55. The lowest BCUT2D eigenvalue weighted by Crippen LogP contribution is -2.25. The molecule has 0 saturated heterocycles. The van der Waals surface area contributed by atoms with Crippen LogP contribution in [0.1, 0.15) is 20.7 Å². The lowest BCUT2D eigenvalue weighted by molar-refractivity contribution is 0.107. The zero-order valence-electron chi connectivity index (χ0n) is 13.4. The van der Waals surface area contributed by atoms with E-state index in [1.165, 1.54) is 0 Å². The molecule has 0 heterocycles. The molecule has 0 bridgehead atoms. The van der Waals surface area contributed by atoms with Crippen molar-refractivity contribution in [2.45, 2.75) is 0 Å². The van der Waals surface area contributed by atoms with Gasteiger partial charge in [0.05, 0.1) is 0 Å². The van der Waals surface area contributed by atoms with Crippen LogP contribution in [-0.2, 0) is 4.57 Å². The topological polar surface area (TPSA) is 51.2 Å². The van der Waals surface area contributed by atoms with Crippen molar-refractivity contribution in [2.24, 2.45) is 0 Å². The van der Waals surface area contributed by atoms with Gasteiger partial charge in [-0.2, -0.15) is 0 Å². The number of hydrogen-bond acceptors (Lipinski definition) is 3. The fourth-order valence-electron chi connectivity index (χ4n) is 2.69. The summed E-state index contributed by atoms with van der Waals surface area (Å²) in [5, 5.41) is 0.632. The van der Waals surface area contributed by atoms with Gasteiger partial charge in [-0.15, -0.1) is 0 Å². The van der Waals surface area contributed by atoms with E-state index in [4.69, 9.17) is 23.2 Å². The van der Waals surface area contributed by atoms with E-state index in [0.29, 0.717) is 27.0 Å². The number of rotatable bonds is 5. The Labute approximate surface area is 160 Å². The highest BCUT2D eigenvalue weighted by atomic mass is 35.5. The maximum absolute atomic E-state index is 14.1. The second-order valence-electron chi connectivity index (χ2n) is 5.59. The van der Waals surface area contributed by atoms with Crippen LogP contribution in [0.2, 0.25) is 0 Å². The minimum Gasteiger partial charge on any atom is -0.309 e. The first-order chi connectivity index (χ1) is 12.4. The molecule has 3 rings (SSSR count). The lowest BCUT2D eigenvalue weighted by Gasteiger charge is -2.20. The minimum absolute atomic E-state index is 0.332. The van der Waals surface area contributed by atoms with Crippen LogP contribution in [0.4, 0.5) is 0 Å². The Kier molecular flexibility index (Phi) is 5.43. The minimum atomic E-state index is -3.19. The molecular formula is C20H13Cl2O3P. The van der Waals surface area contributed by atoms with Crippen LogP contribution in [0.5, 0.6) is 0 Å². The summed E-state index contributed by atoms with van der Waals surface area (Å²) in [5.74, 6) is 0. The summed E-state index contributed by atoms with van der Waals surface area (Å²) in [6.07, 6.45) is 0. The van der Waals surface area contributed by atoms with E-state index in [2.05, 4.69) is 0 Å². The SMILES string of the molecule is O=C(Cl)c1ccc(P(=O)(c2ccccc2)c2ccc(C(=O)Cl)cc2)cc1. The average Bonchev–Trinajstić information content (AvgIpc) is 2.68. The lowest BCUT2D eigenvalue weighted by atomic mass is 10.2. The van der Waals surface area contributed by atoms with Crippen molar-refractivity contribution in [3.05, 3.63) is 90.0 Å². The zero-order chi connectivity index (χ0) is 18.7. The Bertz CT molecular complexity index is 936. The van der Waals surface area contributed by atoms with E-state index < -0.39 is 17.6 Å². The van der Waals surface area contributed by atoms with Gasteiger partial charge < -0.3 is 4.57 Å². The van der Waals surface area contributed by atoms with Gasteiger partial charge in [0, 0.05) is 27.0 Å². The largest absolute Gasteiger partial charge is 0.309 e. The van der Waals surface area contributed by atoms with Crippen molar-refractivity contribution >= 4 is 56.7 Å². The normalized spacial score (nSPS) is 11.2. The summed E-state index contributed by atoms with van der Waals surface area (Å²) in [6.45, 7) is 0. The summed E-state index contributed by atoms with van der Waals surface area (Å²) in [7, 11) is -3.19. The molecule has 0 fully saturated rings. The van der Waals surface area contributed by atoms with Crippen molar-refractivity contribution < 1.29 is 14.2 Å². The fourth-order valence-corrected chi connectivity index (χ4v) is 5.57. The Balaban J connectivity index is 2.18. The van der Waals surface area contributed by atoms with Crippen molar-refractivity contribution in [3.63, 3.8) is 0 Å². The smallest absolute Gasteiger partial charge is 0.252 e. The summed E-state index contributed by atoms with van der Waals surface area (Å²) < 4.78 is 14.1. The molecule has 6 heteroatoms. The van der Waals surface area contributed by atoms with Crippen LogP contribution >= 0.6 is 30.3 Å². The number of carbonyl (C=O) groups excluding carboxylic acids is 2. The van der Waals surface area contributed by atoms with E-state index in [9.17, 15) is 14.2 Å². The Hall–Kier alpha value is -2.19. The van der Waals surface area contributed by atoms with Crippen molar-refractivity contribution in [3.8, 4) is 0 Å². The summed E-state index contributed by atoms with van der Waals surface area (Å²) >= 11 is 11.0. The number of benzene rings is 3. The summed E-state index contributed by atoms with van der Waals surface area (Å²) in [6, 6.07) is 21.8. The van der Waals surface area contributed by atoms with Gasteiger partial charge in [0.1, 0.15) is 0 Å². The maximum Gasteiger partial charge on any atom is 0.252 e. The Morgan fingerprint density at radius 1 is 0.577 bits per heavy atom. The molecule has 0 spiro atoms. The van der Waals surface area contributed by atoms with Gasteiger partial charge in [0.2, 0.25) is 0 Å². The molecule has 0 unspecified atom stereocenters. The second kappa shape index (κ2) is 7.59. The highest BCUT2D eigenvalue weighted by Gasteiger charge is 2.29. The standard InChI is InChI=1S/C20H13Cl2O3P/c21-19(23)14-6-10-17(11-7-14)26(25,16-4-2-1-3-5-16)18-12-8-15(9-13-18)20(22)24/h1-13H. The summed E-state index contributed by atoms with van der Waals surface area (Å²) in [4.78, 5) is 22.6. The molecule has 3 aromatic carbocycles. The molecule has 0 radical (unpaired) electrons. The van der Waals surface area contributed by atoms with Crippen LogP contribution in [0.3, 0.4) is 0 Å². The predicted octanol–water partition coefficient (Wildman–Crippen LogP) is 4.08. The second-order valence-corrected chi connectivity index (χ2v) is 9.04. The first-order valence-corrected chi connectivity index (χ1v) is 10.2. The van der Waals surface area contributed by atoms with Gasteiger partial charge in [-0.1, -0.05) is 54.6 Å². The van der Waals surface area contributed by atoms with Crippen LogP contribution in [-0.4, -0.2) is 10.5 Å². The molecule has 26 heavy (non-hydrogen) atoms. The first kappa shape index (κ1) is 18.6. The van der Waals surface area contributed by atoms with E-state index in [1.54, 1.807) is 60.7 Å². The van der Waals surface area contributed by atoms with Crippen molar-refractivity contribution in [1.29, 1.82) is 0 Å². The van der Waals surface area contributed by atoms with Crippen LogP contribution in [0.25, 0.3) is 0 Å². The third-order valence-electron chi connectivity index (χ3n) is 4.04. The molecule has 3 aromatic rings. The first-order valence-electron chi connectivity index (χ1n) is 7.69. The molecule has 0 amide bonds. The number of halogens is 2. The predicted molar refractivity (Wildman–Crippen MR) is 106 cm³/mol. The quantitative estimate of drug-likeness (QED) is 0.477.